The molecule has 0 spiro atoms. The van der Waals surface area contributed by atoms with Crippen LogP contribution in [0.15, 0.2) is 70.7 Å². The van der Waals surface area contributed by atoms with E-state index in [2.05, 4.69) is 153 Å². The van der Waals surface area contributed by atoms with Gasteiger partial charge in [0.1, 0.15) is 0 Å². The first-order valence-corrected chi connectivity index (χ1v) is 21.5. The Morgan fingerprint density at radius 3 is 1.42 bits per heavy atom. The number of aliphatic hydroxyl groups excluding tert-OH is 1. The van der Waals surface area contributed by atoms with Crippen molar-refractivity contribution < 1.29 is 49.5 Å². The van der Waals surface area contributed by atoms with Gasteiger partial charge in [-0.3, -0.25) is 15.2 Å². The van der Waals surface area contributed by atoms with Crippen LogP contribution in [0.1, 0.15) is 94.2 Å². The van der Waals surface area contributed by atoms with Gasteiger partial charge in [0.15, 0.2) is 0 Å². The fraction of sp³-hybridized carbons (Fsp3) is 0.487. The third kappa shape index (κ3) is 29.8. The van der Waals surface area contributed by atoms with Crippen molar-refractivity contribution in [1.82, 2.24) is 0 Å². The maximum Gasteiger partial charge on any atom is 1.00 e. The first kappa shape index (κ1) is 61.7. The number of hydrogen-bond donors (Lipinski definition) is 5. The van der Waals surface area contributed by atoms with E-state index in [4.69, 9.17) is 10.3 Å². The first-order valence-electron chi connectivity index (χ1n) is 18.0. The van der Waals surface area contributed by atoms with E-state index in [1.54, 1.807) is 13.8 Å². The number of alkyl halides is 1. The zero-order valence-corrected chi connectivity index (χ0v) is 44.2. The van der Waals surface area contributed by atoms with Crippen molar-refractivity contribution in [3.8, 4) is 0 Å². The molecule has 13 nitrogen and oxygen atoms in total. The van der Waals surface area contributed by atoms with Crippen LogP contribution in [0.25, 0.3) is 5.59 Å². The van der Waals surface area contributed by atoms with Crippen LogP contribution in [0.4, 0.5) is 17.1 Å². The number of halogens is 4. The van der Waals surface area contributed by atoms with Crippen LogP contribution in [0.3, 0.4) is 0 Å². The second kappa shape index (κ2) is 38.3. The number of nitrogens with one attached hydrogen (secondary N) is 2. The third-order valence-corrected chi connectivity index (χ3v) is 11.2. The molecule has 0 bridgehead atoms. The van der Waals surface area contributed by atoms with Gasteiger partial charge in [0.05, 0.1) is 0 Å². The van der Waals surface area contributed by atoms with Gasteiger partial charge in [0, 0.05) is 69.4 Å². The number of aryl methyl sites for hydroxylation is 6. The first-order chi connectivity index (χ1) is 26.4. The number of nitrogens with two attached hydrogens (primary N) is 1. The molecule has 0 unspecified atom stereocenters. The summed E-state index contributed by atoms with van der Waals surface area (Å²) in [6.07, 6.45) is 3.36. The van der Waals surface area contributed by atoms with Crippen LogP contribution in [0.2, 0.25) is 0 Å². The Balaban J connectivity index is -0.000000317. The Bertz CT molecular complexity index is 1560. The number of carbonyl (C=O) groups is 2. The van der Waals surface area contributed by atoms with Gasteiger partial charge >= 0.3 is 29.6 Å². The Labute approximate surface area is 397 Å². The minimum absolute atomic E-state index is 0. The fourth-order valence-corrected chi connectivity index (χ4v) is 5.06. The molecule has 0 saturated heterocycles. The Morgan fingerprint density at radius 1 is 0.737 bits per heavy atom. The normalized spacial score (nSPS) is 9.65. The van der Waals surface area contributed by atoms with E-state index in [9.17, 15) is 9.59 Å². The second-order valence-corrected chi connectivity index (χ2v) is 15.2. The number of anilines is 3. The molecule has 0 atom stereocenters. The van der Waals surface area contributed by atoms with Crippen molar-refractivity contribution in [2.24, 2.45) is 26.7 Å². The van der Waals surface area contributed by atoms with Gasteiger partial charge < -0.3 is 31.7 Å². The van der Waals surface area contributed by atoms with Crippen LogP contribution >= 0.6 is 63.7 Å². The monoisotopic (exact) mass is 1060 g/mol. The molecule has 316 valence electrons. The molecule has 0 aliphatic carbocycles. The van der Waals surface area contributed by atoms with E-state index in [1.165, 1.54) is 34.6 Å². The quantitative estimate of drug-likeness (QED) is 0.0441. The summed E-state index contributed by atoms with van der Waals surface area (Å²) < 4.78 is 3.44. The molecule has 3 rings (SSSR count). The third-order valence-electron chi connectivity index (χ3n) is 6.69. The average Bonchev–Trinajstić information content (AvgIpc) is 3.14. The maximum atomic E-state index is 11.6. The van der Waals surface area contributed by atoms with Crippen molar-refractivity contribution >= 4 is 92.6 Å². The second-order valence-electron chi connectivity index (χ2n) is 12.0. The van der Waals surface area contributed by atoms with E-state index in [1.807, 2.05) is 56.9 Å². The summed E-state index contributed by atoms with van der Waals surface area (Å²) in [6.45, 7) is 25.6. The summed E-state index contributed by atoms with van der Waals surface area (Å²) in [7, 11) is 0. The minimum Gasteiger partial charge on any atom is -0.397 e. The molecule has 0 aliphatic heterocycles. The smallest absolute Gasteiger partial charge is 0.397 e. The largest absolute Gasteiger partial charge is 1.00 e. The molecule has 3 aromatic carbocycles. The number of hydrogen-bond acceptors (Lipinski definition) is 7. The molecule has 0 fully saturated rings. The van der Waals surface area contributed by atoms with Crippen LogP contribution in [-0.2, 0) is 9.59 Å². The molecule has 57 heavy (non-hydrogen) atoms. The van der Waals surface area contributed by atoms with Gasteiger partial charge in [-0.2, -0.15) is 0 Å². The maximum absolute atomic E-state index is 11.6. The molecule has 0 aromatic heterocycles. The number of nitrogens with zero attached hydrogens (tertiary/aromatic N) is 6. The van der Waals surface area contributed by atoms with E-state index in [0.717, 1.165) is 73.8 Å². The van der Waals surface area contributed by atoms with Gasteiger partial charge in [-0.1, -0.05) is 89.7 Å². The van der Waals surface area contributed by atoms with E-state index in [-0.39, 0.29) is 48.0 Å². The van der Waals surface area contributed by atoms with E-state index in [0.29, 0.717) is 0 Å². The predicted molar refractivity (Wildman–Crippen MR) is 248 cm³/mol. The zero-order valence-electron chi connectivity index (χ0n) is 35.9. The Kier molecular flexibility index (Phi) is 41.4. The van der Waals surface area contributed by atoms with Crippen LogP contribution in [0.5, 0.6) is 0 Å². The van der Waals surface area contributed by atoms with E-state index >= 15 is 0 Å². The number of amides is 2. The van der Waals surface area contributed by atoms with Crippen molar-refractivity contribution in [2.75, 3.05) is 40.6 Å². The molecule has 2 amide bonds. The number of carbonyl (C=O) groups excluding carboxylic acids is 2. The summed E-state index contributed by atoms with van der Waals surface area (Å²) in [5.74, 6) is 4.51. The van der Waals surface area contributed by atoms with Crippen LogP contribution in [-0.4, -0.2) is 47.2 Å². The molecular formula is C39H62Br4N9NaO4. The molecule has 18 heteroatoms. The standard InChI is InChI=1S/C13H18BrNO.C11H16BrN.C10H12BrNO.C3H7Br.C2H6O.H3N6O.Na/c1-5-6-15(11(4)16)12-7-9(2)13(14)10(3)8-12;1-4-5-13-10-6-8(2)11(12)9(3)7-10;1-6-4-9(12-8(3)13)5-7(2)10(6)11;1-2-3-4;1-2-3;1-2-3-4-5-6-7;/h7-8H,5-6H2,1-4H3;6-7,13H,4-5H2,1-3H3;4-5H,1-3H3,(H,12,13);2-3H2,1H3;3H,2H2,1H3;(H3-,1,2,3,4,5,6,7);/q;;;;;-1;+1. The Morgan fingerprint density at radius 2 is 1.12 bits per heavy atom. The fourth-order valence-electron chi connectivity index (χ4n) is 4.37. The number of aliphatic hydroxyl groups is 1. The topological polar surface area (TPSA) is 191 Å². The molecular weight excluding hydrogens is 1000 g/mol. The van der Waals surface area contributed by atoms with Crippen molar-refractivity contribution in [1.29, 1.82) is 0 Å². The molecule has 6 N–H and O–H groups in total. The summed E-state index contributed by atoms with van der Waals surface area (Å²) in [6, 6.07) is 12.3. The molecule has 0 radical (unpaired) electrons. The molecule has 0 saturated carbocycles. The van der Waals surface area contributed by atoms with Gasteiger partial charge in [-0.05, 0) is 138 Å². The van der Waals surface area contributed by atoms with Crippen molar-refractivity contribution in [3.05, 3.63) is 88.8 Å². The van der Waals surface area contributed by atoms with Crippen LogP contribution in [0, 0.1) is 41.5 Å². The van der Waals surface area contributed by atoms with Crippen molar-refractivity contribution in [2.45, 2.75) is 102 Å². The number of rotatable bonds is 10. The van der Waals surface area contributed by atoms with Gasteiger partial charge in [0.2, 0.25) is 11.8 Å². The number of benzene rings is 3. The van der Waals surface area contributed by atoms with E-state index < -0.39 is 0 Å². The SMILES string of the molecule is CC(=O)Nc1cc(C)c(Br)c(C)c1.CCCBr.CCCN(C(C)=O)c1cc(C)c(Br)c(C)c1.CCCNc1cc(C)c(Br)c(C)c1.CCO.N/N=N/N=N/[N-]O.[Na+]. The summed E-state index contributed by atoms with van der Waals surface area (Å²) in [5.41, 5.74) is 12.5. The van der Waals surface area contributed by atoms with Gasteiger partial charge in [-0.25, -0.2) is 10.4 Å². The van der Waals surface area contributed by atoms with Gasteiger partial charge in [-0.15, -0.1) is 5.22 Å². The molecule has 0 heterocycles. The zero-order chi connectivity index (χ0) is 43.8. The summed E-state index contributed by atoms with van der Waals surface area (Å²) >= 11 is 13.8. The summed E-state index contributed by atoms with van der Waals surface area (Å²) in [4.78, 5) is 24.2. The minimum atomic E-state index is -0.0406. The van der Waals surface area contributed by atoms with Crippen LogP contribution < -0.4 is 50.9 Å². The molecule has 3 aromatic rings. The molecule has 0 aliphatic rings. The average molecular weight is 1060 g/mol. The predicted octanol–water partition coefficient (Wildman–Crippen LogP) is 9.89. The van der Waals surface area contributed by atoms with Crippen molar-refractivity contribution in [3.63, 3.8) is 0 Å². The van der Waals surface area contributed by atoms with Gasteiger partial charge in [0.25, 0.3) is 0 Å². The summed E-state index contributed by atoms with van der Waals surface area (Å²) in [5, 5.41) is 33.2. The Hall–Kier alpha value is -1.96.